The van der Waals surface area contributed by atoms with Crippen molar-refractivity contribution in [3.8, 4) is 0 Å². The van der Waals surface area contributed by atoms with Gasteiger partial charge in [0.25, 0.3) is 0 Å². The molecule has 2 N–H and O–H groups in total. The normalized spacial score (nSPS) is 18.2. The number of hydrogen-bond acceptors (Lipinski definition) is 4. The van der Waals surface area contributed by atoms with Gasteiger partial charge in [0, 0.05) is 32.3 Å². The minimum atomic E-state index is 0.0794. The summed E-state index contributed by atoms with van der Waals surface area (Å²) in [6.07, 6.45) is 0. The van der Waals surface area contributed by atoms with Crippen molar-refractivity contribution in [3.63, 3.8) is 0 Å². The third-order valence-corrected chi connectivity index (χ3v) is 2.85. The summed E-state index contributed by atoms with van der Waals surface area (Å²) in [6.45, 7) is 7.98. The van der Waals surface area contributed by atoms with Gasteiger partial charge in [0.2, 0.25) is 5.91 Å². The van der Waals surface area contributed by atoms with E-state index in [1.165, 1.54) is 0 Å². The number of nitrogens with zero attached hydrogens (tertiary/aromatic N) is 1. The fraction of sp³-hybridized carbons (Fsp3) is 0.909. The number of carbonyl (C=O) groups is 1. The van der Waals surface area contributed by atoms with Crippen LogP contribution in [0.15, 0.2) is 0 Å². The number of rotatable bonds is 7. The van der Waals surface area contributed by atoms with E-state index in [1.54, 1.807) is 7.11 Å². The lowest BCUT2D eigenvalue weighted by molar-refractivity contribution is -0.124. The minimum absolute atomic E-state index is 0.0794. The molecule has 0 aromatic carbocycles. The number of carbonyl (C=O) groups excluding carboxylic acids is 1. The predicted octanol–water partition coefficient (Wildman–Crippen LogP) is -0.569. The molecule has 5 nitrogen and oxygen atoms in total. The molecule has 0 aromatic rings. The SMILES string of the molecule is CCN(CC(=O)NC(C)COC)C1CNC1. The Morgan fingerprint density at radius 3 is 2.75 bits per heavy atom. The zero-order valence-corrected chi connectivity index (χ0v) is 10.5. The largest absolute Gasteiger partial charge is 0.383 e. The van der Waals surface area contributed by atoms with Crippen molar-refractivity contribution in [1.29, 1.82) is 0 Å². The predicted molar refractivity (Wildman–Crippen MR) is 63.4 cm³/mol. The molecule has 0 spiro atoms. The Hall–Kier alpha value is -0.650. The van der Waals surface area contributed by atoms with Gasteiger partial charge >= 0.3 is 0 Å². The molecular formula is C11H23N3O2. The number of ether oxygens (including phenoxy) is 1. The molecule has 0 aliphatic carbocycles. The van der Waals surface area contributed by atoms with Crippen LogP contribution in [0.5, 0.6) is 0 Å². The highest BCUT2D eigenvalue weighted by Gasteiger charge is 2.24. The third-order valence-electron chi connectivity index (χ3n) is 2.85. The molecular weight excluding hydrogens is 206 g/mol. The Morgan fingerprint density at radius 1 is 1.62 bits per heavy atom. The van der Waals surface area contributed by atoms with Crippen LogP contribution >= 0.6 is 0 Å². The highest BCUT2D eigenvalue weighted by Crippen LogP contribution is 2.03. The lowest BCUT2D eigenvalue weighted by Crippen LogP contribution is -2.59. The number of amides is 1. The summed E-state index contributed by atoms with van der Waals surface area (Å²) in [5, 5.41) is 6.14. The van der Waals surface area contributed by atoms with Crippen LogP contribution in [0.3, 0.4) is 0 Å². The third kappa shape index (κ3) is 4.08. The van der Waals surface area contributed by atoms with E-state index in [9.17, 15) is 4.79 Å². The smallest absolute Gasteiger partial charge is 0.234 e. The van der Waals surface area contributed by atoms with Crippen LogP contribution in [0.2, 0.25) is 0 Å². The van der Waals surface area contributed by atoms with E-state index in [4.69, 9.17) is 4.74 Å². The Balaban J connectivity index is 2.25. The average molecular weight is 229 g/mol. The van der Waals surface area contributed by atoms with Gasteiger partial charge in [-0.25, -0.2) is 0 Å². The van der Waals surface area contributed by atoms with Crippen LogP contribution < -0.4 is 10.6 Å². The molecule has 5 heteroatoms. The van der Waals surface area contributed by atoms with Crippen LogP contribution in [0.4, 0.5) is 0 Å². The molecule has 1 rings (SSSR count). The van der Waals surface area contributed by atoms with Crippen molar-refractivity contribution in [2.24, 2.45) is 0 Å². The van der Waals surface area contributed by atoms with Crippen LogP contribution in [0, 0.1) is 0 Å². The molecule has 16 heavy (non-hydrogen) atoms. The molecule has 1 amide bonds. The molecule has 1 aliphatic rings. The van der Waals surface area contributed by atoms with Gasteiger partial charge in [-0.1, -0.05) is 6.92 Å². The standard InChI is InChI=1S/C11H23N3O2/c1-4-14(10-5-12-6-10)7-11(15)13-9(2)8-16-3/h9-10,12H,4-8H2,1-3H3,(H,13,15). The molecule has 1 saturated heterocycles. The number of methoxy groups -OCH3 is 1. The van der Waals surface area contributed by atoms with Gasteiger partial charge in [-0.3, -0.25) is 9.69 Å². The van der Waals surface area contributed by atoms with Gasteiger partial charge in [0.15, 0.2) is 0 Å². The van der Waals surface area contributed by atoms with Gasteiger partial charge in [0.1, 0.15) is 0 Å². The first-order valence-electron chi connectivity index (χ1n) is 5.90. The van der Waals surface area contributed by atoms with Crippen molar-refractivity contribution in [3.05, 3.63) is 0 Å². The highest BCUT2D eigenvalue weighted by atomic mass is 16.5. The summed E-state index contributed by atoms with van der Waals surface area (Å²) < 4.78 is 4.98. The lowest BCUT2D eigenvalue weighted by atomic mass is 10.1. The molecule has 94 valence electrons. The van der Waals surface area contributed by atoms with Crippen LogP contribution in [-0.2, 0) is 9.53 Å². The quantitative estimate of drug-likeness (QED) is 0.614. The summed E-state index contributed by atoms with van der Waals surface area (Å²) >= 11 is 0. The zero-order valence-electron chi connectivity index (χ0n) is 10.5. The summed E-state index contributed by atoms with van der Waals surface area (Å²) in [4.78, 5) is 13.9. The molecule has 1 aliphatic heterocycles. The maximum atomic E-state index is 11.7. The second kappa shape index (κ2) is 6.83. The topological polar surface area (TPSA) is 53.6 Å². The maximum Gasteiger partial charge on any atom is 0.234 e. The monoisotopic (exact) mass is 229 g/mol. The second-order valence-corrected chi connectivity index (χ2v) is 4.30. The average Bonchev–Trinajstić information content (AvgIpc) is 2.13. The Labute approximate surface area is 97.5 Å². The summed E-state index contributed by atoms with van der Waals surface area (Å²) in [6, 6.07) is 0.601. The van der Waals surface area contributed by atoms with E-state index in [-0.39, 0.29) is 11.9 Å². The highest BCUT2D eigenvalue weighted by molar-refractivity contribution is 5.78. The molecule has 0 saturated carbocycles. The first-order valence-corrected chi connectivity index (χ1v) is 5.90. The number of nitrogens with one attached hydrogen (secondary N) is 2. The first kappa shape index (κ1) is 13.4. The van der Waals surface area contributed by atoms with Gasteiger partial charge in [-0.2, -0.15) is 0 Å². The Bertz CT molecular complexity index is 219. The van der Waals surface area contributed by atoms with Crippen LogP contribution in [-0.4, -0.2) is 62.8 Å². The molecule has 1 atom stereocenters. The maximum absolute atomic E-state index is 11.7. The van der Waals surface area contributed by atoms with Crippen molar-refractivity contribution in [1.82, 2.24) is 15.5 Å². The van der Waals surface area contributed by atoms with E-state index in [2.05, 4.69) is 22.5 Å². The van der Waals surface area contributed by atoms with Crippen LogP contribution in [0.1, 0.15) is 13.8 Å². The minimum Gasteiger partial charge on any atom is -0.383 e. The van der Waals surface area contributed by atoms with E-state index >= 15 is 0 Å². The van der Waals surface area contributed by atoms with Crippen LogP contribution in [0.25, 0.3) is 0 Å². The van der Waals surface area contributed by atoms with Gasteiger partial charge in [-0.15, -0.1) is 0 Å². The first-order chi connectivity index (χ1) is 7.67. The van der Waals surface area contributed by atoms with E-state index in [0.717, 1.165) is 19.6 Å². The summed E-state index contributed by atoms with van der Waals surface area (Å²) in [5.74, 6) is 0.0818. The molecule has 1 fully saturated rings. The van der Waals surface area contributed by atoms with Crippen molar-refractivity contribution >= 4 is 5.91 Å². The van der Waals surface area contributed by atoms with Crippen molar-refractivity contribution in [2.75, 3.05) is 39.9 Å². The number of likely N-dealkylation sites (N-methyl/N-ethyl adjacent to an activating group) is 1. The van der Waals surface area contributed by atoms with E-state index < -0.39 is 0 Å². The molecule has 0 radical (unpaired) electrons. The van der Waals surface area contributed by atoms with Gasteiger partial charge in [-0.05, 0) is 13.5 Å². The fourth-order valence-electron chi connectivity index (χ4n) is 1.83. The van der Waals surface area contributed by atoms with Crippen molar-refractivity contribution in [2.45, 2.75) is 25.9 Å². The molecule has 0 bridgehead atoms. The fourth-order valence-corrected chi connectivity index (χ4v) is 1.83. The Kier molecular flexibility index (Phi) is 5.73. The Morgan fingerprint density at radius 2 is 2.31 bits per heavy atom. The van der Waals surface area contributed by atoms with Crippen molar-refractivity contribution < 1.29 is 9.53 Å². The second-order valence-electron chi connectivity index (χ2n) is 4.30. The summed E-state index contributed by atoms with van der Waals surface area (Å²) in [7, 11) is 1.64. The van der Waals surface area contributed by atoms with Gasteiger partial charge < -0.3 is 15.4 Å². The zero-order chi connectivity index (χ0) is 12.0. The summed E-state index contributed by atoms with van der Waals surface area (Å²) in [5.41, 5.74) is 0. The molecule has 1 heterocycles. The number of hydrogen-bond donors (Lipinski definition) is 2. The lowest BCUT2D eigenvalue weighted by Gasteiger charge is -2.37. The van der Waals surface area contributed by atoms with E-state index in [1.807, 2.05) is 6.92 Å². The van der Waals surface area contributed by atoms with E-state index in [0.29, 0.717) is 19.2 Å². The van der Waals surface area contributed by atoms with Gasteiger partial charge in [0.05, 0.1) is 13.2 Å². The molecule has 0 aromatic heterocycles. The molecule has 1 unspecified atom stereocenters.